The highest BCUT2D eigenvalue weighted by Crippen LogP contribution is 2.29. The fourth-order valence-electron chi connectivity index (χ4n) is 5.61. The third-order valence-electron chi connectivity index (χ3n) is 8.40. The normalized spacial score (nSPS) is 20.1. The standard InChI is InChI=1S/C36H46N4O7/c1-24-20-40(25(2)23-41)35(43)31-19-30(38-34(42)28-14-16-37-17-15-28)12-13-32(31)47-26(3)7-5-6-18-46-33(24)22-39(4)21-27-8-10-29(11-9-27)36(44)45/h8-17,19,24-26,33,41H,5-7,18,20-23H2,1-4H3,(H,38,42)(H,44,45)/t24-,25+,26+,33-/m0/s1. The minimum atomic E-state index is -0.961. The molecule has 1 aliphatic rings. The van der Waals surface area contributed by atoms with Gasteiger partial charge in [-0.25, -0.2) is 4.79 Å². The van der Waals surface area contributed by atoms with Crippen LogP contribution in [0, 0.1) is 5.92 Å². The molecular formula is C36H46N4O7. The van der Waals surface area contributed by atoms with Gasteiger partial charge in [-0.1, -0.05) is 19.1 Å². The Labute approximate surface area is 276 Å². The zero-order valence-corrected chi connectivity index (χ0v) is 27.6. The molecular weight excluding hydrogens is 600 g/mol. The second-order valence-corrected chi connectivity index (χ2v) is 12.4. The number of aromatic nitrogens is 1. The molecule has 2 heterocycles. The van der Waals surface area contributed by atoms with Crippen molar-refractivity contribution in [3.8, 4) is 5.75 Å². The van der Waals surface area contributed by atoms with Crippen LogP contribution < -0.4 is 10.1 Å². The van der Waals surface area contributed by atoms with Crippen LogP contribution in [0.25, 0.3) is 0 Å². The maximum Gasteiger partial charge on any atom is 0.335 e. The number of anilines is 1. The van der Waals surface area contributed by atoms with E-state index in [1.54, 1.807) is 66.7 Å². The van der Waals surface area contributed by atoms with Gasteiger partial charge in [-0.3, -0.25) is 19.5 Å². The minimum Gasteiger partial charge on any atom is -0.490 e. The quantitative estimate of drug-likeness (QED) is 0.294. The average molecular weight is 647 g/mol. The highest BCUT2D eigenvalue weighted by atomic mass is 16.5. The van der Waals surface area contributed by atoms with Gasteiger partial charge in [0.25, 0.3) is 11.8 Å². The maximum atomic E-state index is 14.3. The van der Waals surface area contributed by atoms with E-state index in [1.165, 1.54) is 0 Å². The SMILES string of the molecule is C[C@@H]1CCCCO[C@@H](CN(C)Cc2ccc(C(=O)O)cc2)[C@@H](C)CN([C@H](C)CO)C(=O)c2cc(NC(=O)c3ccncc3)ccc2O1. The third-order valence-corrected chi connectivity index (χ3v) is 8.40. The molecule has 4 rings (SSSR count). The maximum absolute atomic E-state index is 14.3. The number of nitrogens with zero attached hydrogens (tertiary/aromatic N) is 3. The van der Waals surface area contributed by atoms with Crippen molar-refractivity contribution in [2.75, 3.05) is 38.7 Å². The highest BCUT2D eigenvalue weighted by Gasteiger charge is 2.30. The van der Waals surface area contributed by atoms with E-state index in [0.29, 0.717) is 48.8 Å². The topological polar surface area (TPSA) is 142 Å². The number of aliphatic hydroxyl groups excluding tert-OH is 1. The number of fused-ring (bicyclic) bond motifs is 1. The van der Waals surface area contributed by atoms with E-state index in [-0.39, 0.29) is 42.1 Å². The van der Waals surface area contributed by atoms with E-state index < -0.39 is 12.0 Å². The van der Waals surface area contributed by atoms with Crippen molar-refractivity contribution in [1.29, 1.82) is 0 Å². The van der Waals surface area contributed by atoms with Crippen molar-refractivity contribution in [1.82, 2.24) is 14.8 Å². The Morgan fingerprint density at radius 1 is 1.06 bits per heavy atom. The number of aromatic carboxylic acids is 1. The van der Waals surface area contributed by atoms with E-state index >= 15 is 0 Å². The lowest BCUT2D eigenvalue weighted by molar-refractivity contribution is -0.0177. The van der Waals surface area contributed by atoms with Crippen LogP contribution in [0.3, 0.4) is 0 Å². The average Bonchev–Trinajstić information content (AvgIpc) is 3.06. The summed E-state index contributed by atoms with van der Waals surface area (Å²) in [6, 6.07) is 14.6. The number of carbonyl (C=O) groups is 3. The van der Waals surface area contributed by atoms with Gasteiger partial charge >= 0.3 is 5.97 Å². The zero-order valence-electron chi connectivity index (χ0n) is 27.6. The van der Waals surface area contributed by atoms with Gasteiger partial charge < -0.3 is 29.9 Å². The smallest absolute Gasteiger partial charge is 0.335 e. The molecule has 3 N–H and O–H groups in total. The first kappa shape index (κ1) is 35.5. The lowest BCUT2D eigenvalue weighted by atomic mass is 10.0. The van der Waals surface area contributed by atoms with Gasteiger partial charge in [-0.2, -0.15) is 0 Å². The van der Waals surface area contributed by atoms with Crippen LogP contribution in [0.5, 0.6) is 5.75 Å². The van der Waals surface area contributed by atoms with E-state index in [1.807, 2.05) is 33.0 Å². The van der Waals surface area contributed by atoms with Gasteiger partial charge in [0.1, 0.15) is 5.75 Å². The third kappa shape index (κ3) is 10.1. The first-order chi connectivity index (χ1) is 22.5. The Bertz CT molecular complexity index is 1480. The van der Waals surface area contributed by atoms with Crippen molar-refractivity contribution < 1.29 is 34.1 Å². The summed E-state index contributed by atoms with van der Waals surface area (Å²) < 4.78 is 12.7. The molecule has 0 saturated carbocycles. The van der Waals surface area contributed by atoms with Crippen molar-refractivity contribution in [2.45, 2.75) is 64.8 Å². The number of carboxylic acids is 1. The largest absolute Gasteiger partial charge is 0.490 e. The number of benzene rings is 2. The van der Waals surface area contributed by atoms with E-state index in [9.17, 15) is 24.6 Å². The van der Waals surface area contributed by atoms with Crippen LogP contribution in [-0.2, 0) is 11.3 Å². The number of likely N-dealkylation sites (N-methyl/N-ethyl adjacent to an activating group) is 1. The van der Waals surface area contributed by atoms with Crippen LogP contribution in [0.15, 0.2) is 67.0 Å². The minimum absolute atomic E-state index is 0.106. The molecule has 0 spiro atoms. The summed E-state index contributed by atoms with van der Waals surface area (Å²) in [4.78, 5) is 46.2. The molecule has 2 amide bonds. The highest BCUT2D eigenvalue weighted by molar-refractivity contribution is 6.05. The summed E-state index contributed by atoms with van der Waals surface area (Å²) in [6.07, 6.45) is 5.19. The van der Waals surface area contributed by atoms with Gasteiger partial charge in [0.05, 0.1) is 36.0 Å². The molecule has 0 radical (unpaired) electrons. The Morgan fingerprint density at radius 3 is 2.47 bits per heavy atom. The molecule has 4 atom stereocenters. The first-order valence-electron chi connectivity index (χ1n) is 16.1. The molecule has 2 aromatic carbocycles. The number of hydrogen-bond acceptors (Lipinski definition) is 8. The number of ether oxygens (including phenoxy) is 2. The van der Waals surface area contributed by atoms with Gasteiger partial charge in [0.2, 0.25) is 0 Å². The van der Waals surface area contributed by atoms with Crippen molar-refractivity contribution in [2.24, 2.45) is 5.92 Å². The van der Waals surface area contributed by atoms with Gasteiger partial charge in [-0.05, 0) is 88.2 Å². The Kier molecular flexibility index (Phi) is 12.9. The van der Waals surface area contributed by atoms with Crippen molar-refractivity contribution >= 4 is 23.5 Å². The van der Waals surface area contributed by atoms with E-state index in [4.69, 9.17) is 9.47 Å². The van der Waals surface area contributed by atoms with E-state index in [2.05, 4.69) is 15.2 Å². The number of carbonyl (C=O) groups excluding carboxylic acids is 2. The van der Waals surface area contributed by atoms with Crippen LogP contribution >= 0.6 is 0 Å². The summed E-state index contributed by atoms with van der Waals surface area (Å²) in [5.74, 6) is -1.29. The van der Waals surface area contributed by atoms with Crippen LogP contribution in [0.1, 0.15) is 76.7 Å². The number of hydrogen-bond donors (Lipinski definition) is 3. The Hall–Kier alpha value is -4.32. The lowest BCUT2D eigenvalue weighted by Gasteiger charge is -2.36. The first-order valence-corrected chi connectivity index (χ1v) is 16.1. The number of pyridine rings is 1. The number of nitrogens with one attached hydrogen (secondary N) is 1. The second kappa shape index (κ2) is 17.0. The molecule has 0 unspecified atom stereocenters. The summed E-state index contributed by atoms with van der Waals surface area (Å²) in [5.41, 5.74) is 2.41. The molecule has 252 valence electrons. The predicted molar refractivity (Wildman–Crippen MR) is 179 cm³/mol. The van der Waals surface area contributed by atoms with E-state index in [0.717, 1.165) is 24.8 Å². The molecule has 1 aromatic heterocycles. The lowest BCUT2D eigenvalue weighted by Crippen LogP contribution is -2.47. The van der Waals surface area contributed by atoms with Crippen LogP contribution in [0.2, 0.25) is 0 Å². The van der Waals surface area contributed by atoms with Crippen molar-refractivity contribution in [3.63, 3.8) is 0 Å². The predicted octanol–water partition coefficient (Wildman–Crippen LogP) is 4.96. The molecule has 0 fully saturated rings. The monoisotopic (exact) mass is 646 g/mol. The zero-order chi connectivity index (χ0) is 33.9. The Balaban J connectivity index is 1.59. The summed E-state index contributed by atoms with van der Waals surface area (Å²) in [6.45, 7) is 7.63. The fraction of sp³-hybridized carbons (Fsp3) is 0.444. The molecule has 0 bridgehead atoms. The number of aliphatic hydroxyl groups is 1. The molecule has 0 saturated heterocycles. The molecule has 11 heteroatoms. The summed E-state index contributed by atoms with van der Waals surface area (Å²) in [7, 11) is 1.99. The number of amides is 2. The molecule has 3 aromatic rings. The fourth-order valence-corrected chi connectivity index (χ4v) is 5.61. The van der Waals surface area contributed by atoms with Gasteiger partial charge in [-0.15, -0.1) is 0 Å². The summed E-state index contributed by atoms with van der Waals surface area (Å²) >= 11 is 0. The van der Waals surface area contributed by atoms with Gasteiger partial charge in [0, 0.05) is 55.8 Å². The number of carboxylic acid groups (broad SMARTS) is 1. The number of rotatable bonds is 9. The van der Waals surface area contributed by atoms with Crippen LogP contribution in [-0.4, -0.2) is 94.4 Å². The second-order valence-electron chi connectivity index (χ2n) is 12.4. The molecule has 1 aliphatic heterocycles. The molecule has 11 nitrogen and oxygen atoms in total. The molecule has 47 heavy (non-hydrogen) atoms. The van der Waals surface area contributed by atoms with Crippen molar-refractivity contribution in [3.05, 3.63) is 89.2 Å². The van der Waals surface area contributed by atoms with Crippen LogP contribution in [0.4, 0.5) is 5.69 Å². The van der Waals surface area contributed by atoms with Gasteiger partial charge in [0.15, 0.2) is 0 Å². The summed E-state index contributed by atoms with van der Waals surface area (Å²) in [5, 5.41) is 22.3. The molecule has 0 aliphatic carbocycles. The Morgan fingerprint density at radius 2 is 1.79 bits per heavy atom.